The summed E-state index contributed by atoms with van der Waals surface area (Å²) in [4.78, 5) is 24.7. The summed E-state index contributed by atoms with van der Waals surface area (Å²) in [7, 11) is 1.59. The van der Waals surface area contributed by atoms with Crippen molar-refractivity contribution >= 4 is 6.29 Å². The molecule has 0 saturated carbocycles. The number of para-hydroxylation sites is 2. The number of carbonyl (C=O) groups excluding carboxylic acids is 1. The lowest BCUT2D eigenvalue weighted by Gasteiger charge is -2.11. The molecule has 4 aromatic rings. The largest absolute Gasteiger partial charge is 0.507 e. The van der Waals surface area contributed by atoms with E-state index < -0.39 is 0 Å². The number of aldehydes is 1. The first kappa shape index (κ1) is 18.3. The average Bonchev–Trinajstić information content (AvgIpc) is 2.79. The minimum atomic E-state index is 0.0759. The van der Waals surface area contributed by atoms with Crippen LogP contribution < -0.4 is 4.74 Å². The molecule has 6 heteroatoms. The molecule has 0 spiro atoms. The first-order valence-corrected chi connectivity index (χ1v) is 8.93. The highest BCUT2D eigenvalue weighted by molar-refractivity contribution is 5.77. The number of hydrogen-bond acceptors (Lipinski definition) is 6. The molecule has 1 N–H and O–H groups in total. The van der Waals surface area contributed by atoms with Crippen LogP contribution in [-0.2, 0) is 0 Å². The van der Waals surface area contributed by atoms with Crippen molar-refractivity contribution in [2.75, 3.05) is 7.11 Å². The van der Waals surface area contributed by atoms with E-state index in [9.17, 15) is 9.90 Å². The van der Waals surface area contributed by atoms with E-state index in [2.05, 4.69) is 15.0 Å². The maximum Gasteiger partial charge on any atom is 0.167 e. The second-order valence-corrected chi connectivity index (χ2v) is 6.26. The van der Waals surface area contributed by atoms with E-state index in [0.717, 1.165) is 11.8 Å². The van der Waals surface area contributed by atoms with Crippen LogP contribution in [0.5, 0.6) is 11.5 Å². The third-order valence-corrected chi connectivity index (χ3v) is 4.43. The first-order valence-electron chi connectivity index (χ1n) is 8.93. The molecule has 4 rings (SSSR count). The summed E-state index contributed by atoms with van der Waals surface area (Å²) in [5, 5.41) is 10.3. The molecule has 0 amide bonds. The molecule has 0 aliphatic rings. The van der Waals surface area contributed by atoms with E-state index in [1.54, 1.807) is 55.6 Å². The van der Waals surface area contributed by atoms with Crippen molar-refractivity contribution in [1.29, 1.82) is 0 Å². The highest BCUT2D eigenvalue weighted by Gasteiger charge is 2.16. The van der Waals surface area contributed by atoms with Crippen LogP contribution in [0.4, 0.5) is 0 Å². The average molecular weight is 383 g/mol. The van der Waals surface area contributed by atoms with Crippen LogP contribution in [0.2, 0.25) is 0 Å². The van der Waals surface area contributed by atoms with Gasteiger partial charge < -0.3 is 9.84 Å². The van der Waals surface area contributed by atoms with Crippen molar-refractivity contribution < 1.29 is 14.6 Å². The number of ether oxygens (including phenoxy) is 1. The fraction of sp³-hybridized carbons (Fsp3) is 0.0435. The lowest BCUT2D eigenvalue weighted by Crippen LogP contribution is -2.01. The number of benzene rings is 3. The number of phenols is 1. The second-order valence-electron chi connectivity index (χ2n) is 6.26. The number of rotatable bonds is 5. The Bertz CT molecular complexity index is 1170. The van der Waals surface area contributed by atoms with Crippen LogP contribution >= 0.6 is 0 Å². The minimum Gasteiger partial charge on any atom is -0.507 e. The van der Waals surface area contributed by atoms with Gasteiger partial charge in [-0.1, -0.05) is 48.5 Å². The first-order chi connectivity index (χ1) is 14.2. The van der Waals surface area contributed by atoms with Crippen LogP contribution in [0.3, 0.4) is 0 Å². The molecule has 0 radical (unpaired) electrons. The zero-order chi connectivity index (χ0) is 20.2. The Balaban J connectivity index is 1.94. The van der Waals surface area contributed by atoms with Gasteiger partial charge in [-0.3, -0.25) is 4.79 Å². The summed E-state index contributed by atoms with van der Waals surface area (Å²) in [6.45, 7) is 0. The molecule has 0 unspecified atom stereocenters. The summed E-state index contributed by atoms with van der Waals surface area (Å²) in [6, 6.07) is 21.3. The molecule has 0 saturated heterocycles. The number of phenolic OH excluding ortho intramolecular Hbond substituents is 1. The Morgan fingerprint density at radius 2 is 1.34 bits per heavy atom. The third kappa shape index (κ3) is 3.68. The smallest absolute Gasteiger partial charge is 0.167 e. The third-order valence-electron chi connectivity index (χ3n) is 4.43. The fourth-order valence-corrected chi connectivity index (χ4v) is 2.95. The predicted molar refractivity (Wildman–Crippen MR) is 110 cm³/mol. The maximum absolute atomic E-state index is 11.0. The van der Waals surface area contributed by atoms with E-state index in [-0.39, 0.29) is 5.75 Å². The van der Waals surface area contributed by atoms with Gasteiger partial charge in [0, 0.05) is 11.1 Å². The fourth-order valence-electron chi connectivity index (χ4n) is 2.95. The standard InChI is InChI=1S/C23H17N3O3/c1-29-20-9-5-3-7-18(20)23-25-21(16-12-10-15(14-27)11-13-16)24-22(26-23)17-6-2-4-8-19(17)28/h2-14,28H,1H3. The van der Waals surface area contributed by atoms with Crippen molar-refractivity contribution in [2.45, 2.75) is 0 Å². The highest BCUT2D eigenvalue weighted by atomic mass is 16.5. The monoisotopic (exact) mass is 383 g/mol. The van der Waals surface area contributed by atoms with E-state index in [0.29, 0.717) is 39.9 Å². The van der Waals surface area contributed by atoms with E-state index in [1.165, 1.54) is 0 Å². The Morgan fingerprint density at radius 1 is 0.759 bits per heavy atom. The Hall–Kier alpha value is -4.06. The van der Waals surface area contributed by atoms with Gasteiger partial charge in [-0.05, 0) is 24.3 Å². The van der Waals surface area contributed by atoms with Gasteiger partial charge in [-0.15, -0.1) is 0 Å². The predicted octanol–water partition coefficient (Wildman–Crippen LogP) is 4.40. The topological polar surface area (TPSA) is 85.2 Å². The molecular formula is C23H17N3O3. The molecule has 29 heavy (non-hydrogen) atoms. The Morgan fingerprint density at radius 3 is 2.00 bits per heavy atom. The molecule has 3 aromatic carbocycles. The quantitative estimate of drug-likeness (QED) is 0.514. The molecule has 0 aliphatic heterocycles. The van der Waals surface area contributed by atoms with Gasteiger partial charge in [0.25, 0.3) is 0 Å². The van der Waals surface area contributed by atoms with Gasteiger partial charge in [-0.2, -0.15) is 0 Å². The maximum atomic E-state index is 11.0. The number of hydrogen-bond donors (Lipinski definition) is 1. The van der Waals surface area contributed by atoms with E-state index in [1.807, 2.05) is 24.3 Å². The van der Waals surface area contributed by atoms with E-state index >= 15 is 0 Å². The zero-order valence-corrected chi connectivity index (χ0v) is 15.6. The highest BCUT2D eigenvalue weighted by Crippen LogP contribution is 2.32. The van der Waals surface area contributed by atoms with Gasteiger partial charge in [-0.25, -0.2) is 15.0 Å². The Kier molecular flexibility index (Phi) is 4.99. The van der Waals surface area contributed by atoms with Crippen LogP contribution in [0.1, 0.15) is 10.4 Å². The summed E-state index contributed by atoms with van der Waals surface area (Å²) < 4.78 is 5.46. The number of aromatic hydroxyl groups is 1. The molecule has 0 atom stereocenters. The number of aromatic nitrogens is 3. The van der Waals surface area contributed by atoms with Crippen LogP contribution in [0, 0.1) is 0 Å². The normalized spacial score (nSPS) is 10.5. The zero-order valence-electron chi connectivity index (χ0n) is 15.6. The lowest BCUT2D eigenvalue weighted by molar-refractivity contribution is 0.112. The van der Waals surface area contributed by atoms with Crippen molar-refractivity contribution in [3.05, 3.63) is 78.4 Å². The van der Waals surface area contributed by atoms with Gasteiger partial charge in [0.2, 0.25) is 0 Å². The molecule has 6 nitrogen and oxygen atoms in total. The molecule has 0 bridgehead atoms. The summed E-state index contributed by atoms with van der Waals surface area (Å²) in [6.07, 6.45) is 0.783. The van der Waals surface area contributed by atoms with Crippen molar-refractivity contribution in [2.24, 2.45) is 0 Å². The number of carbonyl (C=O) groups is 1. The summed E-state index contributed by atoms with van der Waals surface area (Å²) >= 11 is 0. The van der Waals surface area contributed by atoms with Crippen molar-refractivity contribution in [3.63, 3.8) is 0 Å². The van der Waals surface area contributed by atoms with Gasteiger partial charge in [0.15, 0.2) is 17.5 Å². The summed E-state index contributed by atoms with van der Waals surface area (Å²) in [5.74, 6) is 1.89. The van der Waals surface area contributed by atoms with Crippen LogP contribution in [0.25, 0.3) is 34.2 Å². The van der Waals surface area contributed by atoms with Gasteiger partial charge in [0.1, 0.15) is 17.8 Å². The minimum absolute atomic E-state index is 0.0759. The van der Waals surface area contributed by atoms with Gasteiger partial charge >= 0.3 is 0 Å². The molecule has 0 aliphatic carbocycles. The molecular weight excluding hydrogens is 366 g/mol. The van der Waals surface area contributed by atoms with Crippen molar-refractivity contribution in [3.8, 4) is 45.7 Å². The molecule has 142 valence electrons. The molecule has 1 heterocycles. The molecule has 0 fully saturated rings. The van der Waals surface area contributed by atoms with Crippen LogP contribution in [-0.4, -0.2) is 33.5 Å². The second kappa shape index (κ2) is 7.90. The van der Waals surface area contributed by atoms with E-state index in [4.69, 9.17) is 4.74 Å². The SMILES string of the molecule is COc1ccccc1-c1nc(-c2ccc(C=O)cc2)nc(-c2ccccc2O)n1. The lowest BCUT2D eigenvalue weighted by atomic mass is 10.1. The Labute approximate surface area is 167 Å². The number of nitrogens with zero attached hydrogens (tertiary/aromatic N) is 3. The van der Waals surface area contributed by atoms with Crippen LogP contribution in [0.15, 0.2) is 72.8 Å². The summed E-state index contributed by atoms with van der Waals surface area (Å²) in [5.41, 5.74) is 2.50. The van der Waals surface area contributed by atoms with Gasteiger partial charge in [0.05, 0.1) is 18.2 Å². The van der Waals surface area contributed by atoms with Crippen molar-refractivity contribution in [1.82, 2.24) is 15.0 Å². The number of methoxy groups -OCH3 is 1. The molecule has 1 aromatic heterocycles.